The van der Waals surface area contributed by atoms with E-state index in [2.05, 4.69) is 31.1 Å². The van der Waals surface area contributed by atoms with Crippen molar-refractivity contribution < 1.29 is 14.3 Å². The van der Waals surface area contributed by atoms with Crippen LogP contribution in [0.2, 0.25) is 0 Å². The summed E-state index contributed by atoms with van der Waals surface area (Å²) >= 11 is 0. The minimum Gasteiger partial charge on any atom is -0.458 e. The Labute approximate surface area is 174 Å². The third-order valence-electron chi connectivity index (χ3n) is 4.65. The first kappa shape index (κ1) is 21.2. The predicted octanol–water partition coefficient (Wildman–Crippen LogP) is 2.77. The van der Waals surface area contributed by atoms with E-state index in [1.807, 2.05) is 25.1 Å². The number of amides is 1. The minimum atomic E-state index is -0.611. The van der Waals surface area contributed by atoms with Crippen molar-refractivity contribution in [2.75, 3.05) is 6.54 Å². The van der Waals surface area contributed by atoms with Crippen LogP contribution < -0.4 is 10.9 Å². The zero-order valence-corrected chi connectivity index (χ0v) is 17.6. The van der Waals surface area contributed by atoms with Crippen LogP contribution in [0.25, 0.3) is 5.65 Å². The zero-order valence-electron chi connectivity index (χ0n) is 17.6. The van der Waals surface area contributed by atoms with Crippen molar-refractivity contribution in [3.63, 3.8) is 0 Å². The molecule has 0 radical (unpaired) electrons. The molecule has 0 aliphatic heterocycles. The first-order chi connectivity index (χ1) is 14.1. The number of nitrogens with zero attached hydrogens (tertiary/aromatic N) is 2. The van der Waals surface area contributed by atoms with E-state index in [9.17, 15) is 14.4 Å². The second-order valence-corrected chi connectivity index (χ2v) is 8.19. The number of rotatable bonds is 5. The van der Waals surface area contributed by atoms with E-state index < -0.39 is 5.97 Å². The molecule has 3 rings (SSSR count). The fourth-order valence-electron chi connectivity index (χ4n) is 2.91. The lowest BCUT2D eigenvalue weighted by Crippen LogP contribution is -2.30. The smallest absolute Gasteiger partial charge is 0.325 e. The molecular formula is C23H25N3O4. The Morgan fingerprint density at radius 1 is 1.10 bits per heavy atom. The summed E-state index contributed by atoms with van der Waals surface area (Å²) in [6.07, 6.45) is 1.70. The van der Waals surface area contributed by atoms with Gasteiger partial charge in [-0.25, -0.2) is 4.98 Å². The molecule has 0 saturated heterocycles. The number of benzene rings is 1. The number of carbonyl (C=O) groups is 2. The van der Waals surface area contributed by atoms with Gasteiger partial charge in [0.25, 0.3) is 11.5 Å². The van der Waals surface area contributed by atoms with Crippen molar-refractivity contribution in [3.05, 3.63) is 81.4 Å². The lowest BCUT2D eigenvalue weighted by Gasteiger charge is -2.19. The summed E-state index contributed by atoms with van der Waals surface area (Å²) in [5, 5.41) is 2.54. The molecule has 3 aromatic rings. The van der Waals surface area contributed by atoms with Crippen LogP contribution in [0.1, 0.15) is 48.0 Å². The summed E-state index contributed by atoms with van der Waals surface area (Å²) in [5.41, 5.74) is 3.10. The van der Waals surface area contributed by atoms with Gasteiger partial charge >= 0.3 is 5.97 Å². The number of nitrogens with one attached hydrogen (secondary N) is 1. The van der Waals surface area contributed by atoms with Crippen molar-refractivity contribution in [1.82, 2.24) is 14.7 Å². The maximum absolute atomic E-state index is 12.2. The van der Waals surface area contributed by atoms with Crippen molar-refractivity contribution in [1.29, 1.82) is 0 Å². The van der Waals surface area contributed by atoms with E-state index in [4.69, 9.17) is 4.74 Å². The summed E-state index contributed by atoms with van der Waals surface area (Å²) in [6, 6.07) is 12.2. The molecule has 2 heterocycles. The predicted molar refractivity (Wildman–Crippen MR) is 113 cm³/mol. The Balaban J connectivity index is 1.55. The summed E-state index contributed by atoms with van der Waals surface area (Å²) in [4.78, 5) is 40.7. The van der Waals surface area contributed by atoms with E-state index in [0.717, 1.165) is 11.1 Å². The number of fused-ring (bicyclic) bond motifs is 1. The monoisotopic (exact) mass is 407 g/mol. The third-order valence-corrected chi connectivity index (χ3v) is 4.65. The molecule has 7 nitrogen and oxygen atoms in total. The van der Waals surface area contributed by atoms with Gasteiger partial charge in [0.15, 0.2) is 0 Å². The van der Waals surface area contributed by atoms with Gasteiger partial charge in [0.2, 0.25) is 0 Å². The average molecular weight is 407 g/mol. The molecule has 0 unspecified atom stereocenters. The number of aromatic nitrogens is 2. The number of aryl methyl sites for hydroxylation is 1. The number of carbonyl (C=O) groups excluding carboxylic acids is 2. The van der Waals surface area contributed by atoms with Gasteiger partial charge in [-0.15, -0.1) is 0 Å². The number of ether oxygens (including phenoxy) is 1. The quantitative estimate of drug-likeness (QED) is 0.657. The normalized spacial score (nSPS) is 11.3. The van der Waals surface area contributed by atoms with Gasteiger partial charge in [-0.1, -0.05) is 39.0 Å². The van der Waals surface area contributed by atoms with Crippen molar-refractivity contribution in [2.45, 2.75) is 39.7 Å². The molecule has 2 aromatic heterocycles. The average Bonchev–Trinajstić information content (AvgIpc) is 2.70. The molecule has 0 fully saturated rings. The Morgan fingerprint density at radius 2 is 1.80 bits per heavy atom. The highest BCUT2D eigenvalue weighted by atomic mass is 16.5. The molecule has 0 atom stereocenters. The third kappa shape index (κ3) is 5.11. The molecule has 0 aliphatic carbocycles. The molecule has 0 saturated carbocycles. The van der Waals surface area contributed by atoms with Crippen LogP contribution in [-0.4, -0.2) is 27.8 Å². The maximum atomic E-state index is 12.2. The highest BCUT2D eigenvalue weighted by Crippen LogP contribution is 2.22. The largest absolute Gasteiger partial charge is 0.458 e. The Hall–Kier alpha value is -3.48. The second-order valence-electron chi connectivity index (χ2n) is 8.19. The van der Waals surface area contributed by atoms with E-state index in [0.29, 0.717) is 16.9 Å². The van der Waals surface area contributed by atoms with Crippen LogP contribution in [0.4, 0.5) is 0 Å². The number of esters is 1. The minimum absolute atomic E-state index is 0.00307. The van der Waals surface area contributed by atoms with E-state index in [1.54, 1.807) is 24.4 Å². The van der Waals surface area contributed by atoms with Crippen molar-refractivity contribution in [2.24, 2.45) is 0 Å². The fourth-order valence-corrected chi connectivity index (χ4v) is 2.91. The van der Waals surface area contributed by atoms with Gasteiger partial charge in [-0.05, 0) is 41.7 Å². The molecular weight excluding hydrogens is 382 g/mol. The molecule has 0 bridgehead atoms. The highest BCUT2D eigenvalue weighted by molar-refractivity contribution is 5.95. The van der Waals surface area contributed by atoms with Crippen LogP contribution in [0.5, 0.6) is 0 Å². The molecule has 1 N–H and O–H groups in total. The van der Waals surface area contributed by atoms with Crippen LogP contribution in [0.3, 0.4) is 0 Å². The van der Waals surface area contributed by atoms with Gasteiger partial charge < -0.3 is 10.1 Å². The number of hydrogen-bond donors (Lipinski definition) is 1. The summed E-state index contributed by atoms with van der Waals surface area (Å²) in [5.74, 6) is -0.967. The summed E-state index contributed by atoms with van der Waals surface area (Å²) in [7, 11) is 0. The Morgan fingerprint density at radius 3 is 2.47 bits per heavy atom. The zero-order chi connectivity index (χ0) is 21.9. The topological polar surface area (TPSA) is 89.8 Å². The van der Waals surface area contributed by atoms with Crippen LogP contribution >= 0.6 is 0 Å². The highest BCUT2D eigenvalue weighted by Gasteiger charge is 2.15. The first-order valence-electron chi connectivity index (χ1n) is 9.67. The lowest BCUT2D eigenvalue weighted by atomic mass is 9.87. The molecule has 7 heteroatoms. The second kappa shape index (κ2) is 8.49. The first-order valence-corrected chi connectivity index (χ1v) is 9.67. The molecule has 1 amide bonds. The molecule has 0 aliphatic rings. The summed E-state index contributed by atoms with van der Waals surface area (Å²) < 4.78 is 6.58. The Kier molecular flexibility index (Phi) is 6.01. The Bertz CT molecular complexity index is 1140. The molecule has 1 aromatic carbocycles. The summed E-state index contributed by atoms with van der Waals surface area (Å²) in [6.45, 7) is 7.75. The standard InChI is InChI=1S/C23H25N3O4/c1-15-5-10-19-25-18(11-20(27)26(19)13-15)14-30-21(28)12-24-22(29)16-6-8-17(9-7-16)23(2,3)4/h5-11,13H,12,14H2,1-4H3,(H,24,29). The molecule has 30 heavy (non-hydrogen) atoms. The van der Waals surface area contributed by atoms with Crippen LogP contribution in [-0.2, 0) is 21.6 Å². The maximum Gasteiger partial charge on any atom is 0.325 e. The van der Waals surface area contributed by atoms with E-state index >= 15 is 0 Å². The van der Waals surface area contributed by atoms with Gasteiger partial charge in [0.05, 0.1) is 5.69 Å². The number of pyridine rings is 1. The molecule has 156 valence electrons. The van der Waals surface area contributed by atoms with Gasteiger partial charge in [-0.2, -0.15) is 0 Å². The van der Waals surface area contributed by atoms with Crippen molar-refractivity contribution >= 4 is 17.5 Å². The van der Waals surface area contributed by atoms with Gasteiger partial charge in [0, 0.05) is 17.8 Å². The fraction of sp³-hybridized carbons (Fsp3) is 0.304. The van der Waals surface area contributed by atoms with Crippen LogP contribution in [0.15, 0.2) is 53.5 Å². The lowest BCUT2D eigenvalue weighted by molar-refractivity contribution is -0.143. The SMILES string of the molecule is Cc1ccc2nc(COC(=O)CNC(=O)c3ccc(C(C)(C)C)cc3)cc(=O)n2c1. The van der Waals surface area contributed by atoms with Crippen molar-refractivity contribution in [3.8, 4) is 0 Å². The number of hydrogen-bond acceptors (Lipinski definition) is 5. The van der Waals surface area contributed by atoms with Crippen LogP contribution in [0, 0.1) is 6.92 Å². The molecule has 0 spiro atoms. The van der Waals surface area contributed by atoms with E-state index in [1.165, 1.54) is 10.5 Å². The van der Waals surface area contributed by atoms with E-state index in [-0.39, 0.29) is 30.0 Å². The van der Waals surface area contributed by atoms with Gasteiger partial charge in [-0.3, -0.25) is 18.8 Å². The van der Waals surface area contributed by atoms with Gasteiger partial charge in [0.1, 0.15) is 18.8 Å².